The molecule has 3 aromatic rings. The second-order valence-corrected chi connectivity index (χ2v) is 10.5. The molecule has 2 aromatic carbocycles. The van der Waals surface area contributed by atoms with Crippen molar-refractivity contribution < 1.29 is 4.74 Å². The van der Waals surface area contributed by atoms with Crippen molar-refractivity contribution in [1.82, 2.24) is 20.2 Å². The Kier molecular flexibility index (Phi) is 8.39. The van der Waals surface area contributed by atoms with Gasteiger partial charge in [0.05, 0.1) is 12.2 Å². The second kappa shape index (κ2) is 12.1. The minimum atomic E-state index is 0.451. The van der Waals surface area contributed by atoms with Gasteiger partial charge in [0.25, 0.3) is 0 Å². The Morgan fingerprint density at radius 1 is 1.05 bits per heavy atom. The molecule has 0 bridgehead atoms. The summed E-state index contributed by atoms with van der Waals surface area (Å²) in [5, 5.41) is 12.2. The van der Waals surface area contributed by atoms with Crippen LogP contribution in [0.15, 0.2) is 36.4 Å². The van der Waals surface area contributed by atoms with Gasteiger partial charge in [0.1, 0.15) is 12.4 Å². The van der Waals surface area contributed by atoms with Crippen molar-refractivity contribution in [3.63, 3.8) is 0 Å². The monoisotopic (exact) mass is 515 g/mol. The van der Waals surface area contributed by atoms with E-state index < -0.39 is 0 Å². The molecule has 0 saturated carbocycles. The van der Waals surface area contributed by atoms with Gasteiger partial charge >= 0.3 is 6.01 Å². The average molecular weight is 516 g/mol. The number of hydrogen-bond donors (Lipinski definition) is 2. The molecule has 1 aromatic heterocycles. The molecule has 2 saturated heterocycles. The first-order chi connectivity index (χ1) is 18.6. The number of anilines is 2. The molecular weight excluding hydrogens is 474 g/mol. The van der Waals surface area contributed by atoms with Crippen LogP contribution >= 0.6 is 0 Å². The third-order valence-electron chi connectivity index (χ3n) is 7.95. The van der Waals surface area contributed by atoms with Crippen LogP contribution in [0.4, 0.5) is 11.5 Å². The minimum absolute atomic E-state index is 0.451. The van der Waals surface area contributed by atoms with Crippen LogP contribution in [0.2, 0.25) is 0 Å². The molecule has 4 heterocycles. The number of fused-ring (bicyclic) bond motifs is 2. The van der Waals surface area contributed by atoms with Crippen LogP contribution < -0.4 is 19.9 Å². The molecule has 202 valence electrons. The highest BCUT2D eigenvalue weighted by Gasteiger charge is 2.28. The van der Waals surface area contributed by atoms with E-state index in [2.05, 4.69) is 70.4 Å². The molecule has 0 spiro atoms. The van der Waals surface area contributed by atoms with Gasteiger partial charge in [-0.05, 0) is 69.9 Å². The van der Waals surface area contributed by atoms with Crippen LogP contribution in [-0.4, -0.2) is 80.0 Å². The number of likely N-dealkylation sites (tertiary alicyclic amines) is 1. The number of aryl methyl sites for hydroxylation is 1. The summed E-state index contributed by atoms with van der Waals surface area (Å²) in [4.78, 5) is 17.3. The Bertz CT molecular complexity index is 1250. The predicted octanol–water partition coefficient (Wildman–Crippen LogP) is 4.04. The Hall–Kier alpha value is -3.23. The van der Waals surface area contributed by atoms with Crippen LogP contribution in [0, 0.1) is 12.3 Å². The van der Waals surface area contributed by atoms with Crippen molar-refractivity contribution in [2.75, 3.05) is 62.7 Å². The first kappa shape index (κ1) is 26.4. The first-order valence-electron chi connectivity index (χ1n) is 14.0. The van der Waals surface area contributed by atoms with Gasteiger partial charge in [0.15, 0.2) is 0 Å². The lowest BCUT2D eigenvalue weighted by Gasteiger charge is -2.35. The Labute approximate surface area is 226 Å². The molecule has 6 rings (SSSR count). The molecule has 3 aliphatic rings. The molecule has 0 radical (unpaired) electrons. The van der Waals surface area contributed by atoms with E-state index in [1.54, 1.807) is 6.92 Å². The van der Waals surface area contributed by atoms with Gasteiger partial charge in [-0.1, -0.05) is 30.3 Å². The SMILES string of the molecule is CC=N.Cc1cccc2cccc(N3CCc4c(nc(OCC5CCCN5C)nc4N4CCNCC4)C3)c12. The number of nitrogens with one attached hydrogen (secondary N) is 2. The van der Waals surface area contributed by atoms with Crippen molar-refractivity contribution in [3.8, 4) is 6.01 Å². The summed E-state index contributed by atoms with van der Waals surface area (Å²) < 4.78 is 6.26. The van der Waals surface area contributed by atoms with Crippen molar-refractivity contribution in [2.45, 2.75) is 45.7 Å². The predicted molar refractivity (Wildman–Crippen MR) is 156 cm³/mol. The van der Waals surface area contributed by atoms with Gasteiger partial charge in [-0.25, -0.2) is 0 Å². The quantitative estimate of drug-likeness (QED) is 0.497. The van der Waals surface area contributed by atoms with Crippen molar-refractivity contribution in [1.29, 1.82) is 5.41 Å². The van der Waals surface area contributed by atoms with E-state index >= 15 is 0 Å². The van der Waals surface area contributed by atoms with E-state index in [1.807, 2.05) is 0 Å². The second-order valence-electron chi connectivity index (χ2n) is 10.5. The largest absolute Gasteiger partial charge is 0.462 e. The normalized spacial score (nSPS) is 19.6. The van der Waals surface area contributed by atoms with Crippen molar-refractivity contribution in [3.05, 3.63) is 53.2 Å². The lowest BCUT2D eigenvalue weighted by atomic mass is 9.99. The third-order valence-corrected chi connectivity index (χ3v) is 7.95. The molecule has 1 atom stereocenters. The maximum Gasteiger partial charge on any atom is 0.318 e. The van der Waals surface area contributed by atoms with Gasteiger partial charge in [0, 0.05) is 55.4 Å². The lowest BCUT2D eigenvalue weighted by molar-refractivity contribution is 0.187. The number of likely N-dealkylation sites (N-methyl/N-ethyl adjacent to an activating group) is 1. The Balaban J connectivity index is 0.000000937. The standard InChI is InChI=1S/C28H36N6O.C2H5N/c1-20-6-3-7-21-8-4-10-25(26(20)21)34-15-11-23-24(18-34)30-28(35-19-22-9-5-14-32(22)2)31-27(23)33-16-12-29-13-17-33;1-2-3/h3-4,6-8,10,22,29H,5,9,11-19H2,1-2H3;2-3H,1H3. The minimum Gasteiger partial charge on any atom is -0.462 e. The summed E-state index contributed by atoms with van der Waals surface area (Å²) in [6, 6.07) is 14.2. The summed E-state index contributed by atoms with van der Waals surface area (Å²) in [5.74, 6) is 1.08. The number of hydrogen-bond acceptors (Lipinski definition) is 8. The average Bonchev–Trinajstić information content (AvgIpc) is 3.36. The molecule has 38 heavy (non-hydrogen) atoms. The molecular formula is C30H41N7O. The number of benzene rings is 2. The highest BCUT2D eigenvalue weighted by atomic mass is 16.5. The van der Waals surface area contributed by atoms with E-state index in [4.69, 9.17) is 20.1 Å². The summed E-state index contributed by atoms with van der Waals surface area (Å²) >= 11 is 0. The smallest absolute Gasteiger partial charge is 0.318 e. The summed E-state index contributed by atoms with van der Waals surface area (Å²) in [6.07, 6.45) is 4.61. The fraction of sp³-hybridized carbons (Fsp3) is 0.500. The van der Waals surface area contributed by atoms with Crippen LogP contribution in [-0.2, 0) is 13.0 Å². The Morgan fingerprint density at radius 2 is 1.82 bits per heavy atom. The number of ether oxygens (including phenoxy) is 1. The van der Waals surface area contributed by atoms with Crippen LogP contribution in [0.25, 0.3) is 10.8 Å². The molecule has 0 aliphatic carbocycles. The highest BCUT2D eigenvalue weighted by Crippen LogP contribution is 2.35. The first-order valence-corrected chi connectivity index (χ1v) is 14.0. The number of nitrogens with zero attached hydrogens (tertiary/aromatic N) is 5. The van der Waals surface area contributed by atoms with Crippen LogP contribution in [0.3, 0.4) is 0 Å². The third kappa shape index (κ3) is 5.61. The van der Waals surface area contributed by atoms with Crippen molar-refractivity contribution >= 4 is 28.5 Å². The zero-order valence-electron chi connectivity index (χ0n) is 23.0. The van der Waals surface area contributed by atoms with Gasteiger partial charge in [0.2, 0.25) is 0 Å². The van der Waals surface area contributed by atoms with Crippen LogP contribution in [0.5, 0.6) is 6.01 Å². The maximum absolute atomic E-state index is 6.26. The Morgan fingerprint density at radius 3 is 2.55 bits per heavy atom. The zero-order valence-corrected chi connectivity index (χ0v) is 23.0. The molecule has 8 heteroatoms. The van der Waals surface area contributed by atoms with Gasteiger partial charge in [-0.15, -0.1) is 0 Å². The lowest BCUT2D eigenvalue weighted by Crippen LogP contribution is -2.45. The van der Waals surface area contributed by atoms with Crippen molar-refractivity contribution in [2.24, 2.45) is 0 Å². The fourth-order valence-electron chi connectivity index (χ4n) is 5.93. The summed E-state index contributed by atoms with van der Waals surface area (Å²) in [5.41, 5.74) is 5.02. The maximum atomic E-state index is 6.26. The van der Waals surface area contributed by atoms with Gasteiger partial charge in [-0.3, -0.25) is 0 Å². The number of piperazine rings is 1. The molecule has 1 unspecified atom stereocenters. The van der Waals surface area contributed by atoms with E-state index in [0.29, 0.717) is 18.7 Å². The van der Waals surface area contributed by atoms with Crippen LogP contribution in [0.1, 0.15) is 36.6 Å². The van der Waals surface area contributed by atoms with Gasteiger partial charge < -0.3 is 30.2 Å². The van der Waals surface area contributed by atoms with E-state index in [1.165, 1.54) is 46.6 Å². The zero-order chi connectivity index (χ0) is 26.5. The molecule has 8 nitrogen and oxygen atoms in total. The topological polar surface area (TPSA) is 80.6 Å². The molecule has 3 aliphatic heterocycles. The van der Waals surface area contributed by atoms with Gasteiger partial charge in [-0.2, -0.15) is 9.97 Å². The molecule has 0 amide bonds. The van der Waals surface area contributed by atoms with E-state index in [-0.39, 0.29) is 0 Å². The number of aromatic nitrogens is 2. The number of rotatable bonds is 5. The van der Waals surface area contributed by atoms with E-state index in [0.717, 1.165) is 63.7 Å². The fourth-order valence-corrected chi connectivity index (χ4v) is 5.93. The molecule has 2 fully saturated rings. The summed E-state index contributed by atoms with van der Waals surface area (Å²) in [7, 11) is 2.19. The highest BCUT2D eigenvalue weighted by molar-refractivity contribution is 5.97. The van der Waals surface area contributed by atoms with E-state index in [9.17, 15) is 0 Å². The molecule has 2 N–H and O–H groups in total. The summed E-state index contributed by atoms with van der Waals surface area (Å²) in [6.45, 7) is 11.3.